The third-order valence-corrected chi connectivity index (χ3v) is 5.45. The van der Waals surface area contributed by atoms with Gasteiger partial charge in [-0.2, -0.15) is 0 Å². The molecule has 0 atom stereocenters. The zero-order valence-electron chi connectivity index (χ0n) is 15.8. The summed E-state index contributed by atoms with van der Waals surface area (Å²) in [6.45, 7) is 3.33. The summed E-state index contributed by atoms with van der Waals surface area (Å²) in [6, 6.07) is 8.22. The summed E-state index contributed by atoms with van der Waals surface area (Å²) in [5.41, 5.74) is 0.731. The minimum Gasteiger partial charge on any atom is -0.366 e. The molecule has 1 fully saturated rings. The summed E-state index contributed by atoms with van der Waals surface area (Å²) < 4.78 is 40.5. The predicted molar refractivity (Wildman–Crippen MR) is 102 cm³/mol. The Morgan fingerprint density at radius 2 is 1.52 bits per heavy atom. The molecule has 2 amide bonds. The molecule has 2 aromatic rings. The molecule has 150 valence electrons. The van der Waals surface area contributed by atoms with E-state index in [4.69, 9.17) is 0 Å². The summed E-state index contributed by atoms with van der Waals surface area (Å²) in [5, 5.41) is 0. The van der Waals surface area contributed by atoms with Gasteiger partial charge in [0.2, 0.25) is 0 Å². The average molecular weight is 400 g/mol. The van der Waals surface area contributed by atoms with Crippen LogP contribution in [-0.4, -0.2) is 29.8 Å². The van der Waals surface area contributed by atoms with Gasteiger partial charge in [0, 0.05) is 19.2 Å². The maximum absolute atomic E-state index is 13.8. The minimum absolute atomic E-state index is 0.0427. The van der Waals surface area contributed by atoms with Crippen LogP contribution in [0.1, 0.15) is 25.3 Å². The second-order valence-corrected chi connectivity index (χ2v) is 7.44. The first kappa shape index (κ1) is 19.2. The lowest BCUT2D eigenvalue weighted by molar-refractivity contribution is -0.120. The Morgan fingerprint density at radius 1 is 0.862 bits per heavy atom. The van der Waals surface area contributed by atoms with E-state index >= 15 is 0 Å². The highest BCUT2D eigenvalue weighted by molar-refractivity contribution is 6.45. The quantitative estimate of drug-likeness (QED) is 0.728. The van der Waals surface area contributed by atoms with Gasteiger partial charge >= 0.3 is 0 Å². The van der Waals surface area contributed by atoms with E-state index in [0.29, 0.717) is 24.6 Å². The molecule has 2 aliphatic rings. The number of carbonyl (C=O) groups is 2. The highest BCUT2D eigenvalue weighted by Gasteiger charge is 2.43. The smallest absolute Gasteiger partial charge is 0.282 e. The van der Waals surface area contributed by atoms with Crippen LogP contribution < -0.4 is 4.90 Å². The number of likely N-dealkylation sites (tertiary alicyclic amines) is 1. The Morgan fingerprint density at radius 3 is 2.14 bits per heavy atom. The van der Waals surface area contributed by atoms with E-state index in [1.54, 1.807) is 0 Å². The number of rotatable bonds is 3. The molecule has 0 unspecified atom stereocenters. The highest BCUT2D eigenvalue weighted by atomic mass is 19.2. The van der Waals surface area contributed by atoms with Crippen LogP contribution in [0.15, 0.2) is 48.2 Å². The van der Waals surface area contributed by atoms with Crippen LogP contribution in [0.5, 0.6) is 0 Å². The number of benzene rings is 2. The third-order valence-electron chi connectivity index (χ3n) is 5.45. The van der Waals surface area contributed by atoms with E-state index < -0.39 is 29.3 Å². The predicted octanol–water partition coefficient (Wildman–Crippen LogP) is 4.12. The lowest BCUT2D eigenvalue weighted by Crippen LogP contribution is -2.38. The number of hydrogen-bond donors (Lipinski definition) is 0. The van der Waals surface area contributed by atoms with Crippen LogP contribution in [0.4, 0.5) is 18.9 Å². The van der Waals surface area contributed by atoms with Crippen LogP contribution in [0, 0.1) is 23.4 Å². The number of nitrogens with zero attached hydrogens (tertiary/aromatic N) is 2. The van der Waals surface area contributed by atoms with E-state index in [1.807, 2.05) is 4.90 Å². The van der Waals surface area contributed by atoms with E-state index in [2.05, 4.69) is 6.92 Å². The summed E-state index contributed by atoms with van der Waals surface area (Å²) in [7, 11) is 0. The third kappa shape index (κ3) is 3.41. The fourth-order valence-corrected chi connectivity index (χ4v) is 3.78. The summed E-state index contributed by atoms with van der Waals surface area (Å²) >= 11 is 0. The standard InChI is InChI=1S/C22H19F3N2O2/c1-13-8-10-26(11-9-13)20-19(14-2-4-15(23)5-3-14)21(28)27(22(20)29)16-6-7-17(24)18(25)12-16/h2-7,12-13H,8-11H2,1H3. The number of anilines is 1. The molecule has 1 saturated heterocycles. The fourth-order valence-electron chi connectivity index (χ4n) is 3.78. The Kier molecular flexibility index (Phi) is 4.90. The van der Waals surface area contributed by atoms with Crippen LogP contribution in [0.3, 0.4) is 0 Å². The molecule has 0 spiro atoms. The average Bonchev–Trinajstić information content (AvgIpc) is 2.96. The molecule has 0 aromatic heterocycles. The van der Waals surface area contributed by atoms with Crippen molar-refractivity contribution >= 4 is 23.1 Å². The molecule has 29 heavy (non-hydrogen) atoms. The number of hydrogen-bond acceptors (Lipinski definition) is 3. The number of piperidine rings is 1. The molecule has 0 bridgehead atoms. The van der Waals surface area contributed by atoms with Crippen LogP contribution in [0.25, 0.3) is 5.57 Å². The van der Waals surface area contributed by atoms with Crippen molar-refractivity contribution in [3.63, 3.8) is 0 Å². The van der Waals surface area contributed by atoms with Crippen LogP contribution in [-0.2, 0) is 9.59 Å². The van der Waals surface area contributed by atoms with E-state index in [-0.39, 0.29) is 17.0 Å². The van der Waals surface area contributed by atoms with Crippen molar-refractivity contribution in [1.29, 1.82) is 0 Å². The van der Waals surface area contributed by atoms with Gasteiger partial charge in [0.05, 0.1) is 11.3 Å². The second kappa shape index (κ2) is 7.39. The lowest BCUT2D eigenvalue weighted by atomic mass is 9.97. The fraction of sp³-hybridized carbons (Fsp3) is 0.273. The molecule has 0 N–H and O–H groups in total. The highest BCUT2D eigenvalue weighted by Crippen LogP contribution is 2.36. The monoisotopic (exact) mass is 400 g/mol. The summed E-state index contributed by atoms with van der Waals surface area (Å²) in [4.78, 5) is 29.2. The van der Waals surface area contributed by atoms with E-state index in [1.165, 1.54) is 30.3 Å². The summed E-state index contributed by atoms with van der Waals surface area (Å²) in [6.07, 6.45) is 1.74. The molecular weight excluding hydrogens is 381 g/mol. The van der Waals surface area contributed by atoms with Gasteiger partial charge < -0.3 is 4.90 Å². The maximum Gasteiger partial charge on any atom is 0.282 e. The normalized spacial score (nSPS) is 18.2. The van der Waals surface area contributed by atoms with Crippen molar-refractivity contribution in [2.24, 2.45) is 5.92 Å². The number of halogens is 3. The van der Waals surface area contributed by atoms with Crippen molar-refractivity contribution < 1.29 is 22.8 Å². The second-order valence-electron chi connectivity index (χ2n) is 7.44. The van der Waals surface area contributed by atoms with Crippen molar-refractivity contribution in [1.82, 2.24) is 4.90 Å². The molecule has 4 nitrogen and oxygen atoms in total. The van der Waals surface area contributed by atoms with Gasteiger partial charge in [-0.25, -0.2) is 18.1 Å². The Labute approximate surface area is 166 Å². The van der Waals surface area contributed by atoms with Crippen molar-refractivity contribution in [3.05, 3.63) is 71.2 Å². The van der Waals surface area contributed by atoms with Gasteiger partial charge in [-0.1, -0.05) is 19.1 Å². The maximum atomic E-state index is 13.8. The van der Waals surface area contributed by atoms with Crippen molar-refractivity contribution in [2.75, 3.05) is 18.0 Å². The van der Waals surface area contributed by atoms with Gasteiger partial charge in [-0.15, -0.1) is 0 Å². The van der Waals surface area contributed by atoms with Gasteiger partial charge in [0.25, 0.3) is 11.8 Å². The Hall–Kier alpha value is -3.09. The Bertz CT molecular complexity index is 1010. The van der Waals surface area contributed by atoms with Crippen molar-refractivity contribution in [3.8, 4) is 0 Å². The minimum atomic E-state index is -1.15. The largest absolute Gasteiger partial charge is 0.366 e. The lowest BCUT2D eigenvalue weighted by Gasteiger charge is -2.32. The number of amides is 2. The molecule has 2 heterocycles. The zero-order chi connectivity index (χ0) is 20.7. The molecular formula is C22H19F3N2O2. The molecule has 0 aliphatic carbocycles. The first-order chi connectivity index (χ1) is 13.9. The summed E-state index contributed by atoms with van der Waals surface area (Å²) in [5.74, 6) is -3.39. The molecule has 4 rings (SSSR count). The van der Waals surface area contributed by atoms with Gasteiger partial charge in [0.15, 0.2) is 11.6 Å². The number of carbonyl (C=O) groups excluding carboxylic acids is 2. The molecule has 0 saturated carbocycles. The zero-order valence-corrected chi connectivity index (χ0v) is 15.8. The van der Waals surface area contributed by atoms with Gasteiger partial charge in [-0.05, 0) is 48.6 Å². The van der Waals surface area contributed by atoms with Crippen LogP contribution >= 0.6 is 0 Å². The molecule has 7 heteroatoms. The van der Waals surface area contributed by atoms with E-state index in [0.717, 1.165) is 29.9 Å². The van der Waals surface area contributed by atoms with Crippen molar-refractivity contribution in [2.45, 2.75) is 19.8 Å². The molecule has 0 radical (unpaired) electrons. The SMILES string of the molecule is CC1CCN(C2=C(c3ccc(F)cc3)C(=O)N(c3ccc(F)c(F)c3)C2=O)CC1. The van der Waals surface area contributed by atoms with Crippen LogP contribution in [0.2, 0.25) is 0 Å². The topological polar surface area (TPSA) is 40.6 Å². The van der Waals surface area contributed by atoms with Gasteiger partial charge in [-0.3, -0.25) is 9.59 Å². The first-order valence-corrected chi connectivity index (χ1v) is 9.46. The van der Waals surface area contributed by atoms with Gasteiger partial charge in [0.1, 0.15) is 11.5 Å². The molecule has 2 aromatic carbocycles. The number of imide groups is 1. The molecule has 2 aliphatic heterocycles. The first-order valence-electron chi connectivity index (χ1n) is 9.46. The van der Waals surface area contributed by atoms with E-state index in [9.17, 15) is 22.8 Å². The Balaban J connectivity index is 1.81.